The Hall–Kier alpha value is -1.62. The van der Waals surface area contributed by atoms with Crippen molar-refractivity contribution in [1.82, 2.24) is 14.6 Å². The maximum atomic E-state index is 5.11. The van der Waals surface area contributed by atoms with Gasteiger partial charge in [-0.05, 0) is 19.4 Å². The zero-order chi connectivity index (χ0) is 14.8. The first-order valence-electron chi connectivity index (χ1n) is 7.02. The number of nitrogens with zero attached hydrogens (tertiary/aromatic N) is 3. The standard InChI is InChI=1S/C15H24N4O/c1-11(6-9-20-5)17-14-12-10-13(15(2,3)4)18-19(12)8-7-16-14/h7-8,10-11H,6,9H2,1-5H3,(H,16,17). The summed E-state index contributed by atoms with van der Waals surface area (Å²) in [6, 6.07) is 2.42. The van der Waals surface area contributed by atoms with Gasteiger partial charge in [0, 0.05) is 37.6 Å². The van der Waals surface area contributed by atoms with Crippen LogP contribution in [0.15, 0.2) is 18.5 Å². The molecule has 0 aromatic carbocycles. The summed E-state index contributed by atoms with van der Waals surface area (Å²) >= 11 is 0. The first-order chi connectivity index (χ1) is 9.41. The van der Waals surface area contributed by atoms with Crippen LogP contribution >= 0.6 is 0 Å². The first-order valence-corrected chi connectivity index (χ1v) is 7.02. The predicted octanol–water partition coefficient (Wildman–Crippen LogP) is 2.86. The lowest BCUT2D eigenvalue weighted by Gasteiger charge is -2.14. The van der Waals surface area contributed by atoms with Crippen LogP contribution in [0, 0.1) is 0 Å². The van der Waals surface area contributed by atoms with Crippen LogP contribution in [-0.2, 0) is 10.2 Å². The molecule has 0 spiro atoms. The van der Waals surface area contributed by atoms with E-state index in [0.717, 1.165) is 30.1 Å². The first kappa shape index (κ1) is 14.8. The summed E-state index contributed by atoms with van der Waals surface area (Å²) in [5.74, 6) is 0.874. The van der Waals surface area contributed by atoms with Gasteiger partial charge in [-0.2, -0.15) is 5.10 Å². The fraction of sp³-hybridized carbons (Fsp3) is 0.600. The van der Waals surface area contributed by atoms with E-state index < -0.39 is 0 Å². The lowest BCUT2D eigenvalue weighted by Crippen LogP contribution is -2.18. The minimum atomic E-state index is 0.0327. The minimum Gasteiger partial charge on any atom is -0.385 e. The van der Waals surface area contributed by atoms with Crippen molar-refractivity contribution in [2.24, 2.45) is 0 Å². The van der Waals surface area contributed by atoms with E-state index in [1.165, 1.54) is 0 Å². The monoisotopic (exact) mass is 276 g/mol. The Morgan fingerprint density at radius 3 is 2.80 bits per heavy atom. The summed E-state index contributed by atoms with van der Waals surface area (Å²) in [4.78, 5) is 4.44. The predicted molar refractivity (Wildman–Crippen MR) is 81.3 cm³/mol. The van der Waals surface area contributed by atoms with E-state index in [1.54, 1.807) is 13.3 Å². The molecular weight excluding hydrogens is 252 g/mol. The van der Waals surface area contributed by atoms with Crippen LogP contribution in [0.5, 0.6) is 0 Å². The Bertz CT molecular complexity index is 571. The molecule has 110 valence electrons. The average molecular weight is 276 g/mol. The van der Waals surface area contributed by atoms with Gasteiger partial charge in [-0.3, -0.25) is 0 Å². The van der Waals surface area contributed by atoms with Gasteiger partial charge in [0.25, 0.3) is 0 Å². The van der Waals surface area contributed by atoms with Crippen molar-refractivity contribution in [2.45, 2.75) is 45.6 Å². The molecule has 1 atom stereocenters. The number of methoxy groups -OCH3 is 1. The molecule has 2 rings (SSSR count). The topological polar surface area (TPSA) is 51.5 Å². The molecule has 0 aliphatic rings. The lowest BCUT2D eigenvalue weighted by molar-refractivity contribution is 0.191. The number of hydrogen-bond donors (Lipinski definition) is 1. The highest BCUT2D eigenvalue weighted by molar-refractivity contribution is 5.68. The maximum Gasteiger partial charge on any atom is 0.152 e. The highest BCUT2D eigenvalue weighted by atomic mass is 16.5. The Morgan fingerprint density at radius 2 is 2.15 bits per heavy atom. The fourth-order valence-electron chi connectivity index (χ4n) is 2.00. The molecule has 2 aromatic rings. The molecule has 2 heterocycles. The van der Waals surface area contributed by atoms with Crippen molar-refractivity contribution in [3.05, 3.63) is 24.2 Å². The zero-order valence-corrected chi connectivity index (χ0v) is 13.0. The van der Waals surface area contributed by atoms with Crippen LogP contribution in [0.3, 0.4) is 0 Å². The van der Waals surface area contributed by atoms with Crippen molar-refractivity contribution >= 4 is 11.3 Å². The summed E-state index contributed by atoms with van der Waals surface area (Å²) in [5, 5.41) is 8.06. The van der Waals surface area contributed by atoms with Crippen LogP contribution in [0.4, 0.5) is 5.82 Å². The molecule has 1 N–H and O–H groups in total. The molecular formula is C15H24N4O. The second-order valence-corrected chi connectivity index (χ2v) is 6.21. The van der Waals surface area contributed by atoms with E-state index in [1.807, 2.05) is 10.7 Å². The second kappa shape index (κ2) is 5.79. The Balaban J connectivity index is 2.27. The molecule has 20 heavy (non-hydrogen) atoms. The third kappa shape index (κ3) is 3.28. The second-order valence-electron chi connectivity index (χ2n) is 6.21. The summed E-state index contributed by atoms with van der Waals surface area (Å²) < 4.78 is 7.00. The van der Waals surface area contributed by atoms with Gasteiger partial charge in [-0.15, -0.1) is 0 Å². The SMILES string of the molecule is COCCC(C)Nc1nccn2nc(C(C)(C)C)cc12. The lowest BCUT2D eigenvalue weighted by atomic mass is 9.92. The molecule has 0 radical (unpaired) electrons. The molecule has 0 bridgehead atoms. The average Bonchev–Trinajstić information content (AvgIpc) is 2.81. The molecule has 0 fully saturated rings. The van der Waals surface area contributed by atoms with Crippen LogP contribution in [-0.4, -0.2) is 34.4 Å². The Kier molecular flexibility index (Phi) is 4.28. The summed E-state index contributed by atoms with van der Waals surface area (Å²) in [6.07, 6.45) is 4.60. The fourth-order valence-corrected chi connectivity index (χ4v) is 2.00. The number of anilines is 1. The van der Waals surface area contributed by atoms with Gasteiger partial charge in [0.2, 0.25) is 0 Å². The number of ether oxygens (including phenoxy) is 1. The van der Waals surface area contributed by atoms with E-state index in [9.17, 15) is 0 Å². The quantitative estimate of drug-likeness (QED) is 0.912. The van der Waals surface area contributed by atoms with Gasteiger partial charge in [0.1, 0.15) is 5.52 Å². The Labute approximate surface area is 120 Å². The molecule has 0 aliphatic carbocycles. The van der Waals surface area contributed by atoms with E-state index in [4.69, 9.17) is 4.74 Å². The molecule has 0 aliphatic heterocycles. The number of fused-ring (bicyclic) bond motifs is 1. The Morgan fingerprint density at radius 1 is 1.40 bits per heavy atom. The number of aromatic nitrogens is 3. The third-order valence-corrected chi connectivity index (χ3v) is 3.30. The highest BCUT2D eigenvalue weighted by Crippen LogP contribution is 2.24. The van der Waals surface area contributed by atoms with Crippen LogP contribution in [0.1, 0.15) is 39.8 Å². The van der Waals surface area contributed by atoms with Crippen molar-refractivity contribution in [2.75, 3.05) is 19.0 Å². The van der Waals surface area contributed by atoms with Crippen molar-refractivity contribution in [3.63, 3.8) is 0 Å². The van der Waals surface area contributed by atoms with Gasteiger partial charge >= 0.3 is 0 Å². The number of hydrogen-bond acceptors (Lipinski definition) is 4. The van der Waals surface area contributed by atoms with Crippen LogP contribution in [0.2, 0.25) is 0 Å². The minimum absolute atomic E-state index is 0.0327. The number of rotatable bonds is 5. The van der Waals surface area contributed by atoms with E-state index in [0.29, 0.717) is 6.04 Å². The van der Waals surface area contributed by atoms with Gasteiger partial charge < -0.3 is 10.1 Å². The largest absolute Gasteiger partial charge is 0.385 e. The molecule has 5 heteroatoms. The van der Waals surface area contributed by atoms with Gasteiger partial charge in [0.05, 0.1) is 5.69 Å². The van der Waals surface area contributed by atoms with Crippen molar-refractivity contribution in [1.29, 1.82) is 0 Å². The van der Waals surface area contributed by atoms with E-state index in [-0.39, 0.29) is 5.41 Å². The van der Waals surface area contributed by atoms with Crippen molar-refractivity contribution < 1.29 is 4.74 Å². The van der Waals surface area contributed by atoms with Crippen molar-refractivity contribution in [3.8, 4) is 0 Å². The number of nitrogens with one attached hydrogen (secondary N) is 1. The highest BCUT2D eigenvalue weighted by Gasteiger charge is 2.19. The van der Waals surface area contributed by atoms with Gasteiger partial charge in [-0.1, -0.05) is 20.8 Å². The third-order valence-electron chi connectivity index (χ3n) is 3.30. The molecule has 1 unspecified atom stereocenters. The van der Waals surface area contributed by atoms with Gasteiger partial charge in [-0.25, -0.2) is 9.50 Å². The maximum absolute atomic E-state index is 5.11. The summed E-state index contributed by atoms with van der Waals surface area (Å²) in [5.41, 5.74) is 2.12. The molecule has 0 saturated carbocycles. The van der Waals surface area contributed by atoms with E-state index in [2.05, 4.69) is 49.2 Å². The van der Waals surface area contributed by atoms with E-state index >= 15 is 0 Å². The summed E-state index contributed by atoms with van der Waals surface area (Å²) in [6.45, 7) is 9.36. The van der Waals surface area contributed by atoms with Gasteiger partial charge in [0.15, 0.2) is 5.82 Å². The molecule has 2 aromatic heterocycles. The normalized spacial score (nSPS) is 13.7. The molecule has 0 amide bonds. The molecule has 0 saturated heterocycles. The molecule has 5 nitrogen and oxygen atoms in total. The smallest absolute Gasteiger partial charge is 0.152 e. The van der Waals surface area contributed by atoms with Crippen LogP contribution in [0.25, 0.3) is 5.52 Å². The zero-order valence-electron chi connectivity index (χ0n) is 13.0. The summed E-state index contributed by atoms with van der Waals surface area (Å²) in [7, 11) is 1.72. The van der Waals surface area contributed by atoms with Crippen LogP contribution < -0.4 is 5.32 Å².